The molecule has 0 aliphatic carbocycles. The van der Waals surface area contributed by atoms with Gasteiger partial charge in [-0.3, -0.25) is 9.59 Å². The predicted octanol–water partition coefficient (Wildman–Crippen LogP) is 0.563. The van der Waals surface area contributed by atoms with Gasteiger partial charge in [-0.15, -0.1) is 0 Å². The molecular formula is C16H16N6O3. The van der Waals surface area contributed by atoms with E-state index in [0.717, 1.165) is 0 Å². The van der Waals surface area contributed by atoms with Crippen molar-refractivity contribution in [2.24, 2.45) is 0 Å². The lowest BCUT2D eigenvalue weighted by Gasteiger charge is -2.32. The number of aromatic nitrogens is 5. The van der Waals surface area contributed by atoms with Gasteiger partial charge >= 0.3 is 0 Å². The lowest BCUT2D eigenvalue weighted by atomic mass is 10.1. The highest BCUT2D eigenvalue weighted by molar-refractivity contribution is 5.97. The van der Waals surface area contributed by atoms with Gasteiger partial charge in [0.2, 0.25) is 0 Å². The summed E-state index contributed by atoms with van der Waals surface area (Å²) in [5.74, 6) is 0.322. The van der Waals surface area contributed by atoms with Crippen LogP contribution in [0.3, 0.4) is 0 Å². The van der Waals surface area contributed by atoms with Gasteiger partial charge < -0.3 is 14.6 Å². The van der Waals surface area contributed by atoms with E-state index < -0.39 is 6.10 Å². The molecule has 3 aromatic rings. The monoisotopic (exact) mass is 340 g/mol. The molecule has 0 bridgehead atoms. The van der Waals surface area contributed by atoms with E-state index in [1.54, 1.807) is 30.0 Å². The van der Waals surface area contributed by atoms with Gasteiger partial charge in [0.25, 0.3) is 11.5 Å². The van der Waals surface area contributed by atoms with Crippen molar-refractivity contribution in [2.45, 2.75) is 13.0 Å². The summed E-state index contributed by atoms with van der Waals surface area (Å²) in [6.07, 6.45) is -0.457. The summed E-state index contributed by atoms with van der Waals surface area (Å²) < 4.78 is 5.69. The van der Waals surface area contributed by atoms with Gasteiger partial charge in [-0.2, -0.15) is 15.4 Å². The molecule has 9 heteroatoms. The second-order valence-electron chi connectivity index (χ2n) is 5.91. The van der Waals surface area contributed by atoms with Crippen LogP contribution in [0.15, 0.2) is 29.1 Å². The summed E-state index contributed by atoms with van der Waals surface area (Å²) in [6.45, 7) is 2.92. The number of nitrogens with zero attached hydrogens (tertiary/aromatic N) is 4. The topological polar surface area (TPSA) is 117 Å². The minimum Gasteiger partial charge on any atom is -0.367 e. The van der Waals surface area contributed by atoms with Crippen LogP contribution in [0.2, 0.25) is 0 Å². The van der Waals surface area contributed by atoms with Crippen LogP contribution >= 0.6 is 0 Å². The lowest BCUT2D eigenvalue weighted by Crippen LogP contribution is -2.43. The summed E-state index contributed by atoms with van der Waals surface area (Å²) in [6, 6.07) is 6.61. The zero-order chi connectivity index (χ0) is 17.4. The van der Waals surface area contributed by atoms with Gasteiger partial charge in [0, 0.05) is 23.9 Å². The quantitative estimate of drug-likeness (QED) is 0.704. The fourth-order valence-corrected chi connectivity index (χ4v) is 2.91. The van der Waals surface area contributed by atoms with E-state index in [-0.39, 0.29) is 11.5 Å². The van der Waals surface area contributed by atoms with Gasteiger partial charge in [-0.1, -0.05) is 0 Å². The molecule has 0 saturated carbocycles. The molecule has 2 N–H and O–H groups in total. The van der Waals surface area contributed by atoms with Crippen LogP contribution in [0.1, 0.15) is 28.0 Å². The van der Waals surface area contributed by atoms with Crippen LogP contribution < -0.4 is 5.56 Å². The van der Waals surface area contributed by atoms with Gasteiger partial charge in [0.05, 0.1) is 13.2 Å². The number of fused-ring (bicyclic) bond motifs is 1. The molecule has 1 aromatic carbocycles. The molecule has 1 aliphatic heterocycles. The molecule has 2 aromatic heterocycles. The second-order valence-corrected chi connectivity index (χ2v) is 5.91. The van der Waals surface area contributed by atoms with Crippen molar-refractivity contribution < 1.29 is 9.53 Å². The fourth-order valence-electron chi connectivity index (χ4n) is 2.91. The number of aromatic amines is 2. The number of nitrogens with one attached hydrogen (secondary N) is 2. The molecule has 1 saturated heterocycles. The smallest absolute Gasteiger partial charge is 0.254 e. The SMILES string of the molecule is Cc1cc(=O)[nH]c([C@@H]2CN(C(=O)c3ccc4n[nH]nc4c3)CCO2)n1. The molecule has 0 radical (unpaired) electrons. The maximum Gasteiger partial charge on any atom is 0.254 e. The van der Waals surface area contributed by atoms with Crippen LogP contribution in [0.4, 0.5) is 0 Å². The van der Waals surface area contributed by atoms with E-state index in [4.69, 9.17) is 4.74 Å². The third kappa shape index (κ3) is 3.01. The Morgan fingerprint density at radius 2 is 2.12 bits per heavy atom. The average Bonchev–Trinajstić information content (AvgIpc) is 3.08. The number of benzene rings is 1. The van der Waals surface area contributed by atoms with Crippen molar-refractivity contribution in [2.75, 3.05) is 19.7 Å². The molecule has 1 amide bonds. The second kappa shape index (κ2) is 6.10. The number of aryl methyl sites for hydroxylation is 1. The summed E-state index contributed by atoms with van der Waals surface area (Å²) in [7, 11) is 0. The summed E-state index contributed by atoms with van der Waals surface area (Å²) >= 11 is 0. The van der Waals surface area contributed by atoms with Crippen molar-refractivity contribution in [3.05, 3.63) is 51.7 Å². The minimum atomic E-state index is -0.457. The normalized spacial score (nSPS) is 17.8. The van der Waals surface area contributed by atoms with E-state index in [1.165, 1.54) is 6.07 Å². The van der Waals surface area contributed by atoms with Crippen LogP contribution in [-0.4, -0.2) is 55.9 Å². The first-order valence-electron chi connectivity index (χ1n) is 7.89. The number of ether oxygens (including phenoxy) is 1. The van der Waals surface area contributed by atoms with Gasteiger partial charge in [0.15, 0.2) is 0 Å². The number of hydrogen-bond donors (Lipinski definition) is 2. The third-order valence-electron chi connectivity index (χ3n) is 4.11. The summed E-state index contributed by atoms with van der Waals surface area (Å²) in [5.41, 5.74) is 2.26. The maximum absolute atomic E-state index is 12.8. The Kier molecular flexibility index (Phi) is 3.77. The molecule has 9 nitrogen and oxygen atoms in total. The molecule has 4 rings (SSSR count). The number of rotatable bonds is 2. The number of H-pyrrole nitrogens is 2. The molecule has 3 heterocycles. The molecule has 0 spiro atoms. The first-order valence-corrected chi connectivity index (χ1v) is 7.89. The van der Waals surface area contributed by atoms with E-state index in [9.17, 15) is 9.59 Å². The van der Waals surface area contributed by atoms with Crippen LogP contribution in [0.25, 0.3) is 11.0 Å². The Labute approximate surface area is 142 Å². The molecule has 1 fully saturated rings. The van der Waals surface area contributed by atoms with Crippen molar-refractivity contribution in [3.8, 4) is 0 Å². The highest BCUT2D eigenvalue weighted by Gasteiger charge is 2.28. The van der Waals surface area contributed by atoms with Crippen LogP contribution in [-0.2, 0) is 4.74 Å². The van der Waals surface area contributed by atoms with E-state index in [0.29, 0.717) is 47.8 Å². The maximum atomic E-state index is 12.8. The Bertz CT molecular complexity index is 995. The summed E-state index contributed by atoms with van der Waals surface area (Å²) in [4.78, 5) is 33.1. The minimum absolute atomic E-state index is 0.117. The lowest BCUT2D eigenvalue weighted by molar-refractivity contribution is -0.0269. The first kappa shape index (κ1) is 15.5. The molecule has 1 atom stereocenters. The van der Waals surface area contributed by atoms with Gasteiger partial charge in [-0.25, -0.2) is 4.98 Å². The van der Waals surface area contributed by atoms with Crippen molar-refractivity contribution in [1.82, 2.24) is 30.3 Å². The number of carbonyl (C=O) groups excluding carboxylic acids is 1. The van der Waals surface area contributed by atoms with E-state index >= 15 is 0 Å². The van der Waals surface area contributed by atoms with Crippen molar-refractivity contribution in [3.63, 3.8) is 0 Å². The van der Waals surface area contributed by atoms with Crippen LogP contribution in [0.5, 0.6) is 0 Å². The zero-order valence-corrected chi connectivity index (χ0v) is 13.5. The fraction of sp³-hybridized carbons (Fsp3) is 0.312. The Balaban J connectivity index is 1.57. The zero-order valence-electron chi connectivity index (χ0n) is 13.5. The molecule has 128 valence electrons. The van der Waals surface area contributed by atoms with Crippen LogP contribution in [0, 0.1) is 6.92 Å². The largest absolute Gasteiger partial charge is 0.367 e. The number of carbonyl (C=O) groups is 1. The van der Waals surface area contributed by atoms with Gasteiger partial charge in [0.1, 0.15) is 23.0 Å². The number of morpholine rings is 1. The average molecular weight is 340 g/mol. The molecule has 0 unspecified atom stereocenters. The number of amides is 1. The first-order chi connectivity index (χ1) is 12.1. The number of hydrogen-bond acceptors (Lipinski definition) is 6. The predicted molar refractivity (Wildman–Crippen MR) is 88.1 cm³/mol. The standard InChI is InChI=1S/C16H16N6O3/c1-9-6-14(23)18-15(17-9)13-8-22(4-5-25-13)16(24)10-2-3-11-12(7-10)20-21-19-11/h2-3,6-7,13H,4-5,8H2,1H3,(H,17,18,23)(H,19,20,21)/t13-/m0/s1. The molecular weight excluding hydrogens is 324 g/mol. The van der Waals surface area contributed by atoms with E-state index in [2.05, 4.69) is 25.4 Å². The highest BCUT2D eigenvalue weighted by Crippen LogP contribution is 2.21. The molecule has 1 aliphatic rings. The van der Waals surface area contributed by atoms with E-state index in [1.807, 2.05) is 0 Å². The third-order valence-corrected chi connectivity index (χ3v) is 4.11. The van der Waals surface area contributed by atoms with Gasteiger partial charge in [-0.05, 0) is 25.1 Å². The summed E-state index contributed by atoms with van der Waals surface area (Å²) in [5, 5.41) is 10.5. The van der Waals surface area contributed by atoms with Crippen molar-refractivity contribution >= 4 is 16.9 Å². The molecule has 25 heavy (non-hydrogen) atoms. The Morgan fingerprint density at radius 3 is 2.96 bits per heavy atom. The highest BCUT2D eigenvalue weighted by atomic mass is 16.5. The Hall–Kier alpha value is -3.07. The van der Waals surface area contributed by atoms with Crippen molar-refractivity contribution in [1.29, 1.82) is 0 Å². The Morgan fingerprint density at radius 1 is 1.28 bits per heavy atom.